The number of amides is 1. The summed E-state index contributed by atoms with van der Waals surface area (Å²) in [4.78, 5) is 64.1. The predicted molar refractivity (Wildman–Crippen MR) is 200 cm³/mol. The fourth-order valence-electron chi connectivity index (χ4n) is 7.88. The van der Waals surface area contributed by atoms with E-state index in [1.54, 1.807) is 19.1 Å². The first kappa shape index (κ1) is 41.4. The fraction of sp³-hybridized carbons (Fsp3) is 0.711. The molecule has 4 saturated heterocycles. The van der Waals surface area contributed by atoms with E-state index < -0.39 is 66.3 Å². The number of nitrogens with zero attached hydrogens (tertiary/aromatic N) is 7. The second-order valence-electron chi connectivity index (χ2n) is 15.6. The second-order valence-corrected chi connectivity index (χ2v) is 15.6. The molecule has 1 amide bonds. The highest BCUT2D eigenvalue weighted by Gasteiger charge is 2.62. The molecule has 2 aromatic rings. The SMILES string of the molecule is COC(=O)[C@H](C)NCOC[C@@]1(C#N)O[C@@H](c2ccc3c(NC(=O)C4CCN(C)CC4)ncnn23)[C@H](OC(=O)C2CCN(C)CC2)[C@@H]1OC(=O)C1CCN(C)CC1. The maximum Gasteiger partial charge on any atom is 0.322 e. The summed E-state index contributed by atoms with van der Waals surface area (Å²) in [7, 11) is 7.29. The Morgan fingerprint density at radius 2 is 1.48 bits per heavy atom. The van der Waals surface area contributed by atoms with E-state index in [9.17, 15) is 24.4 Å². The van der Waals surface area contributed by atoms with Gasteiger partial charge in [-0.05, 0) is 118 Å². The third kappa shape index (κ3) is 9.30. The van der Waals surface area contributed by atoms with E-state index in [0.29, 0.717) is 68.9 Å². The molecule has 56 heavy (non-hydrogen) atoms. The molecule has 0 aliphatic carbocycles. The van der Waals surface area contributed by atoms with Crippen LogP contribution in [0.5, 0.6) is 0 Å². The van der Waals surface area contributed by atoms with Gasteiger partial charge < -0.3 is 43.7 Å². The van der Waals surface area contributed by atoms with Crippen molar-refractivity contribution in [3.05, 3.63) is 24.2 Å². The van der Waals surface area contributed by atoms with Gasteiger partial charge in [0.15, 0.2) is 18.0 Å². The number of aromatic nitrogens is 3. The van der Waals surface area contributed by atoms with Crippen LogP contribution < -0.4 is 10.6 Å². The molecule has 0 unspecified atom stereocenters. The van der Waals surface area contributed by atoms with Gasteiger partial charge in [-0.1, -0.05) is 0 Å². The van der Waals surface area contributed by atoms with E-state index in [2.05, 4.69) is 41.5 Å². The smallest absolute Gasteiger partial charge is 0.322 e. The summed E-state index contributed by atoms with van der Waals surface area (Å²) >= 11 is 0. The van der Waals surface area contributed by atoms with Crippen molar-refractivity contribution in [1.29, 1.82) is 5.26 Å². The van der Waals surface area contributed by atoms with Gasteiger partial charge >= 0.3 is 17.9 Å². The lowest BCUT2D eigenvalue weighted by Crippen LogP contribution is -2.51. The first-order valence-electron chi connectivity index (χ1n) is 19.5. The van der Waals surface area contributed by atoms with Crippen molar-refractivity contribution >= 4 is 35.1 Å². The van der Waals surface area contributed by atoms with Crippen LogP contribution in [-0.2, 0) is 42.9 Å². The lowest BCUT2D eigenvalue weighted by molar-refractivity contribution is -0.177. The Kier molecular flexibility index (Phi) is 13.6. The van der Waals surface area contributed by atoms with Crippen molar-refractivity contribution < 1.29 is 42.9 Å². The third-order valence-corrected chi connectivity index (χ3v) is 11.6. The highest BCUT2D eigenvalue weighted by atomic mass is 16.7. The predicted octanol–water partition coefficient (Wildman–Crippen LogP) is 0.976. The van der Waals surface area contributed by atoms with Crippen molar-refractivity contribution in [2.45, 2.75) is 75.4 Å². The molecule has 4 aliphatic heterocycles. The Hall–Kier alpha value is -4.25. The van der Waals surface area contributed by atoms with Crippen molar-refractivity contribution in [3.8, 4) is 6.07 Å². The summed E-state index contributed by atoms with van der Waals surface area (Å²) < 4.78 is 31.5. The first-order valence-corrected chi connectivity index (χ1v) is 19.5. The van der Waals surface area contributed by atoms with Crippen LogP contribution in [-0.4, -0.2) is 158 Å². The molecular formula is C38H55N9O9. The number of methoxy groups -OCH3 is 1. The minimum atomic E-state index is -1.96. The van der Waals surface area contributed by atoms with Gasteiger partial charge in [0.25, 0.3) is 0 Å². The van der Waals surface area contributed by atoms with Crippen molar-refractivity contribution in [3.63, 3.8) is 0 Å². The minimum Gasteiger partial charge on any atom is -0.468 e. The normalized spacial score (nSPS) is 26.8. The van der Waals surface area contributed by atoms with Gasteiger partial charge in [0, 0.05) is 5.92 Å². The van der Waals surface area contributed by atoms with Crippen LogP contribution in [0.3, 0.4) is 0 Å². The van der Waals surface area contributed by atoms with Crippen LogP contribution in [0.4, 0.5) is 5.82 Å². The molecule has 6 rings (SSSR count). The average molecular weight is 782 g/mol. The van der Waals surface area contributed by atoms with Crippen molar-refractivity contribution in [1.82, 2.24) is 34.6 Å². The molecule has 2 N–H and O–H groups in total. The topological polar surface area (TPSA) is 202 Å². The minimum absolute atomic E-state index is 0.139. The van der Waals surface area contributed by atoms with Gasteiger partial charge in [0.05, 0.1) is 38.0 Å². The molecule has 0 aromatic carbocycles. The number of hydrogen-bond donors (Lipinski definition) is 2. The van der Waals surface area contributed by atoms with Crippen LogP contribution >= 0.6 is 0 Å². The number of carbonyl (C=O) groups excluding carboxylic acids is 4. The molecule has 18 heteroatoms. The fourth-order valence-corrected chi connectivity index (χ4v) is 7.88. The summed E-state index contributed by atoms with van der Waals surface area (Å²) in [6, 6.07) is 4.94. The molecule has 4 fully saturated rings. The number of nitrogens with one attached hydrogen (secondary N) is 2. The zero-order valence-corrected chi connectivity index (χ0v) is 33.0. The quantitative estimate of drug-likeness (QED) is 0.126. The highest BCUT2D eigenvalue weighted by Crippen LogP contribution is 2.45. The first-order chi connectivity index (χ1) is 26.9. The van der Waals surface area contributed by atoms with Crippen molar-refractivity contribution in [2.75, 3.05) is 86.2 Å². The average Bonchev–Trinajstić information content (AvgIpc) is 3.76. The summed E-state index contributed by atoms with van der Waals surface area (Å²) in [6.07, 6.45) is 1.17. The number of nitriles is 1. The van der Waals surface area contributed by atoms with Gasteiger partial charge in [0.1, 0.15) is 30.1 Å². The summed E-state index contributed by atoms with van der Waals surface area (Å²) in [5.41, 5.74) is -1.12. The van der Waals surface area contributed by atoms with Crippen LogP contribution in [0.2, 0.25) is 0 Å². The Bertz CT molecular complexity index is 1750. The summed E-state index contributed by atoms with van der Waals surface area (Å²) in [6.45, 7) is 5.45. The second kappa shape index (κ2) is 18.3. The van der Waals surface area contributed by atoms with Gasteiger partial charge in [-0.2, -0.15) is 10.4 Å². The molecular weight excluding hydrogens is 726 g/mol. The maximum atomic E-state index is 14.0. The summed E-state index contributed by atoms with van der Waals surface area (Å²) in [5.74, 6) is -2.38. The molecule has 0 bridgehead atoms. The van der Waals surface area contributed by atoms with Crippen LogP contribution in [0, 0.1) is 29.1 Å². The Morgan fingerprint density at radius 3 is 2.05 bits per heavy atom. The lowest BCUT2D eigenvalue weighted by atomic mass is 9.93. The van der Waals surface area contributed by atoms with Gasteiger partial charge in [-0.3, -0.25) is 24.5 Å². The zero-order chi connectivity index (χ0) is 40.0. The molecule has 4 aliphatic rings. The lowest BCUT2D eigenvalue weighted by Gasteiger charge is -2.33. The van der Waals surface area contributed by atoms with E-state index >= 15 is 0 Å². The number of hydrogen-bond acceptors (Lipinski definition) is 16. The molecule has 2 aromatic heterocycles. The van der Waals surface area contributed by atoms with Gasteiger partial charge in [-0.15, -0.1) is 0 Å². The zero-order valence-electron chi connectivity index (χ0n) is 33.0. The van der Waals surface area contributed by atoms with Crippen molar-refractivity contribution in [2.24, 2.45) is 17.8 Å². The standard InChI is InChI=1S/C38H55N9O9/c1-24(35(49)52-5)41-23-53-21-38(20-39)32(55-37(51)27-12-18-46(4)19-13-27)31(54-36(50)26-10-16-45(3)17-11-26)30(56-38)28-6-7-29-33(40-22-42-47(28)29)43-34(48)25-8-14-44(2)15-9-25/h6-7,22,24-27,30-32,41H,8-19,21,23H2,1-5H3,(H,40,42,43,48)/t24-,30-,31-,32-,38+/m0/s1. The molecule has 6 heterocycles. The van der Waals surface area contributed by atoms with Gasteiger partial charge in [0.2, 0.25) is 11.5 Å². The van der Waals surface area contributed by atoms with Gasteiger partial charge in [-0.25, -0.2) is 9.50 Å². The Morgan fingerprint density at radius 1 is 0.911 bits per heavy atom. The molecule has 0 radical (unpaired) electrons. The number of carbonyl (C=O) groups is 4. The van der Waals surface area contributed by atoms with E-state index in [4.69, 9.17) is 23.7 Å². The number of fused-ring (bicyclic) bond motifs is 1. The molecule has 306 valence electrons. The number of likely N-dealkylation sites (tertiary alicyclic amines) is 3. The molecule has 0 spiro atoms. The Balaban J connectivity index is 1.34. The monoisotopic (exact) mass is 781 g/mol. The highest BCUT2D eigenvalue weighted by molar-refractivity contribution is 5.95. The molecule has 5 atom stereocenters. The largest absolute Gasteiger partial charge is 0.468 e. The summed E-state index contributed by atoms with van der Waals surface area (Å²) in [5, 5.41) is 21.3. The number of anilines is 1. The molecule has 18 nitrogen and oxygen atoms in total. The van der Waals surface area contributed by atoms with E-state index in [0.717, 1.165) is 25.9 Å². The number of piperidine rings is 3. The number of ether oxygens (including phenoxy) is 5. The maximum absolute atomic E-state index is 14.0. The van der Waals surface area contributed by atoms with Crippen LogP contribution in [0.1, 0.15) is 57.2 Å². The number of rotatable bonds is 13. The van der Waals surface area contributed by atoms with Crippen LogP contribution in [0.15, 0.2) is 18.5 Å². The number of esters is 3. The van der Waals surface area contributed by atoms with E-state index in [1.807, 2.05) is 21.1 Å². The Labute approximate surface area is 327 Å². The van der Waals surface area contributed by atoms with E-state index in [-0.39, 0.29) is 18.6 Å². The van der Waals surface area contributed by atoms with Crippen LogP contribution in [0.25, 0.3) is 5.52 Å². The third-order valence-electron chi connectivity index (χ3n) is 11.6. The van der Waals surface area contributed by atoms with E-state index in [1.165, 1.54) is 18.0 Å². The molecule has 0 saturated carbocycles.